The Labute approximate surface area is 102 Å². The fourth-order valence-corrected chi connectivity index (χ4v) is 2.05. The Balaban J connectivity index is 1.65. The van der Waals surface area contributed by atoms with E-state index in [-0.39, 0.29) is 5.82 Å². The van der Waals surface area contributed by atoms with Crippen LogP contribution in [0.5, 0.6) is 0 Å². The van der Waals surface area contributed by atoms with Gasteiger partial charge in [-0.2, -0.15) is 0 Å². The molecule has 4 heteroatoms. The largest absolute Gasteiger partial charge is 0.311 e. The summed E-state index contributed by atoms with van der Waals surface area (Å²) in [4.78, 5) is 6.32. The van der Waals surface area contributed by atoms with Crippen molar-refractivity contribution < 1.29 is 4.39 Å². The van der Waals surface area contributed by atoms with Gasteiger partial charge in [0.15, 0.2) is 0 Å². The first-order chi connectivity index (χ1) is 8.29. The molecule has 2 rings (SSSR count). The smallest absolute Gasteiger partial charge is 0.141 e. The summed E-state index contributed by atoms with van der Waals surface area (Å²) in [5.41, 5.74) is 0.902. The minimum atomic E-state index is -0.266. The van der Waals surface area contributed by atoms with Gasteiger partial charge in [-0.25, -0.2) is 4.39 Å². The van der Waals surface area contributed by atoms with E-state index in [0.717, 1.165) is 31.2 Å². The summed E-state index contributed by atoms with van der Waals surface area (Å²) in [6.07, 6.45) is 5.63. The number of rotatable bonds is 7. The number of hydrogen-bond donors (Lipinski definition) is 1. The Morgan fingerprint density at radius 2 is 2.29 bits per heavy atom. The lowest BCUT2D eigenvalue weighted by molar-refractivity contribution is 0.277. The molecule has 0 radical (unpaired) electrons. The van der Waals surface area contributed by atoms with Crippen LogP contribution in [-0.2, 0) is 6.54 Å². The number of likely N-dealkylation sites (N-methyl/N-ethyl adjacent to an activating group) is 1. The molecule has 94 valence electrons. The summed E-state index contributed by atoms with van der Waals surface area (Å²) >= 11 is 0. The van der Waals surface area contributed by atoms with Gasteiger partial charge in [0.2, 0.25) is 0 Å². The second-order valence-electron chi connectivity index (χ2n) is 4.55. The highest BCUT2D eigenvalue weighted by atomic mass is 19.1. The zero-order chi connectivity index (χ0) is 12.1. The van der Waals surface area contributed by atoms with Gasteiger partial charge in [-0.05, 0) is 31.0 Å². The lowest BCUT2D eigenvalue weighted by Crippen LogP contribution is -2.33. The molecule has 0 unspecified atom stereocenters. The van der Waals surface area contributed by atoms with Crippen LogP contribution in [0.2, 0.25) is 0 Å². The quantitative estimate of drug-likeness (QED) is 0.733. The van der Waals surface area contributed by atoms with Gasteiger partial charge in [0.05, 0.1) is 6.20 Å². The van der Waals surface area contributed by atoms with Gasteiger partial charge in [0.1, 0.15) is 5.82 Å². The molecule has 0 bridgehead atoms. The van der Waals surface area contributed by atoms with Crippen LogP contribution in [0.3, 0.4) is 0 Å². The molecule has 1 aliphatic carbocycles. The number of nitrogens with zero attached hydrogens (tertiary/aromatic N) is 2. The highest BCUT2D eigenvalue weighted by Crippen LogP contribution is 2.25. The average Bonchev–Trinajstić information content (AvgIpc) is 3.13. The second kappa shape index (κ2) is 6.07. The van der Waals surface area contributed by atoms with Crippen molar-refractivity contribution in [2.75, 3.05) is 19.6 Å². The third-order valence-electron chi connectivity index (χ3n) is 3.14. The number of halogens is 1. The van der Waals surface area contributed by atoms with E-state index in [1.807, 2.05) is 0 Å². The Morgan fingerprint density at radius 3 is 2.94 bits per heavy atom. The van der Waals surface area contributed by atoms with Gasteiger partial charge in [-0.15, -0.1) is 0 Å². The zero-order valence-electron chi connectivity index (χ0n) is 10.3. The lowest BCUT2D eigenvalue weighted by atomic mass is 10.3. The standard InChI is InChI=1S/C13H20FN3/c1-2-17(13-3-4-13)6-5-15-8-11-7-12(14)10-16-9-11/h7,9-10,13,15H,2-6,8H2,1H3. The average molecular weight is 237 g/mol. The first-order valence-electron chi connectivity index (χ1n) is 6.33. The number of aromatic nitrogens is 1. The van der Waals surface area contributed by atoms with Crippen molar-refractivity contribution in [3.8, 4) is 0 Å². The Morgan fingerprint density at radius 1 is 1.47 bits per heavy atom. The Hall–Kier alpha value is -1.00. The van der Waals surface area contributed by atoms with Gasteiger partial charge >= 0.3 is 0 Å². The summed E-state index contributed by atoms with van der Waals surface area (Å²) in [7, 11) is 0. The molecule has 0 saturated heterocycles. The van der Waals surface area contributed by atoms with Crippen LogP contribution >= 0.6 is 0 Å². The van der Waals surface area contributed by atoms with Crippen molar-refractivity contribution in [1.82, 2.24) is 15.2 Å². The first-order valence-corrected chi connectivity index (χ1v) is 6.33. The Bertz CT molecular complexity index is 352. The molecular weight excluding hydrogens is 217 g/mol. The molecule has 3 nitrogen and oxygen atoms in total. The van der Waals surface area contributed by atoms with Crippen molar-refractivity contribution in [3.05, 3.63) is 29.8 Å². The molecule has 1 aliphatic rings. The molecule has 1 N–H and O–H groups in total. The molecule has 1 saturated carbocycles. The summed E-state index contributed by atoms with van der Waals surface area (Å²) in [6.45, 7) is 6.03. The van der Waals surface area contributed by atoms with Gasteiger partial charge in [-0.1, -0.05) is 6.92 Å². The molecule has 1 aromatic rings. The van der Waals surface area contributed by atoms with Crippen molar-refractivity contribution in [1.29, 1.82) is 0 Å². The van der Waals surface area contributed by atoms with E-state index in [9.17, 15) is 4.39 Å². The normalized spacial score (nSPS) is 15.5. The highest BCUT2D eigenvalue weighted by Gasteiger charge is 2.26. The predicted octanol–water partition coefficient (Wildman–Crippen LogP) is 1.79. The molecule has 1 fully saturated rings. The van der Waals surface area contributed by atoms with Crippen LogP contribution in [0.1, 0.15) is 25.3 Å². The van der Waals surface area contributed by atoms with Crippen LogP contribution in [0.4, 0.5) is 4.39 Å². The van der Waals surface area contributed by atoms with Crippen LogP contribution in [0.25, 0.3) is 0 Å². The number of hydrogen-bond acceptors (Lipinski definition) is 3. The third-order valence-corrected chi connectivity index (χ3v) is 3.14. The minimum Gasteiger partial charge on any atom is -0.311 e. The summed E-state index contributed by atoms with van der Waals surface area (Å²) in [6, 6.07) is 2.34. The molecule has 1 heterocycles. The molecule has 0 aromatic carbocycles. The van der Waals surface area contributed by atoms with Gasteiger partial charge in [-0.3, -0.25) is 9.88 Å². The van der Waals surface area contributed by atoms with Crippen molar-refractivity contribution in [2.45, 2.75) is 32.4 Å². The van der Waals surface area contributed by atoms with Gasteiger partial charge in [0, 0.05) is 31.9 Å². The molecular formula is C13H20FN3. The number of pyridine rings is 1. The Kier molecular flexibility index (Phi) is 4.45. The van der Waals surface area contributed by atoms with Crippen LogP contribution in [-0.4, -0.2) is 35.6 Å². The highest BCUT2D eigenvalue weighted by molar-refractivity contribution is 5.09. The maximum absolute atomic E-state index is 12.9. The maximum Gasteiger partial charge on any atom is 0.141 e. The number of nitrogens with one attached hydrogen (secondary N) is 1. The third kappa shape index (κ3) is 4.06. The molecule has 17 heavy (non-hydrogen) atoms. The topological polar surface area (TPSA) is 28.2 Å². The minimum absolute atomic E-state index is 0.266. The van der Waals surface area contributed by atoms with E-state index in [0.29, 0.717) is 6.54 Å². The summed E-state index contributed by atoms with van der Waals surface area (Å²) < 4.78 is 12.9. The van der Waals surface area contributed by atoms with Crippen LogP contribution in [0.15, 0.2) is 18.5 Å². The monoisotopic (exact) mass is 237 g/mol. The van der Waals surface area contributed by atoms with Crippen molar-refractivity contribution in [3.63, 3.8) is 0 Å². The fraction of sp³-hybridized carbons (Fsp3) is 0.615. The van der Waals surface area contributed by atoms with E-state index in [1.54, 1.807) is 6.20 Å². The fourth-order valence-electron chi connectivity index (χ4n) is 2.05. The predicted molar refractivity (Wildman–Crippen MR) is 66.2 cm³/mol. The van der Waals surface area contributed by atoms with E-state index in [2.05, 4.69) is 22.1 Å². The van der Waals surface area contributed by atoms with Gasteiger partial charge < -0.3 is 5.32 Å². The van der Waals surface area contributed by atoms with E-state index >= 15 is 0 Å². The van der Waals surface area contributed by atoms with Crippen LogP contribution in [0, 0.1) is 5.82 Å². The first kappa shape index (κ1) is 12.5. The van der Waals surface area contributed by atoms with Crippen LogP contribution < -0.4 is 5.32 Å². The molecule has 0 aliphatic heterocycles. The second-order valence-corrected chi connectivity index (χ2v) is 4.55. The molecule has 0 atom stereocenters. The molecule has 0 amide bonds. The summed E-state index contributed by atoms with van der Waals surface area (Å²) in [5, 5.41) is 3.33. The van der Waals surface area contributed by atoms with E-state index in [1.165, 1.54) is 25.1 Å². The van der Waals surface area contributed by atoms with Crippen molar-refractivity contribution in [2.24, 2.45) is 0 Å². The van der Waals surface area contributed by atoms with E-state index in [4.69, 9.17) is 0 Å². The van der Waals surface area contributed by atoms with Crippen molar-refractivity contribution >= 4 is 0 Å². The van der Waals surface area contributed by atoms with E-state index < -0.39 is 0 Å². The SMILES string of the molecule is CCN(CCNCc1cncc(F)c1)C1CC1. The maximum atomic E-state index is 12.9. The van der Waals surface area contributed by atoms with Gasteiger partial charge in [0.25, 0.3) is 0 Å². The molecule has 1 aromatic heterocycles. The summed E-state index contributed by atoms with van der Waals surface area (Å²) in [5.74, 6) is -0.266. The zero-order valence-corrected chi connectivity index (χ0v) is 10.3. The molecule has 0 spiro atoms. The lowest BCUT2D eigenvalue weighted by Gasteiger charge is -2.19.